The maximum absolute atomic E-state index is 11.1. The van der Waals surface area contributed by atoms with Crippen LogP contribution in [-0.2, 0) is 0 Å². The molecule has 176 valence electrons. The number of H-pyrrole nitrogens is 1. The molecule has 1 amide bonds. The van der Waals surface area contributed by atoms with Gasteiger partial charge < -0.3 is 30.2 Å². The Morgan fingerprint density at radius 2 is 2.00 bits per heavy atom. The van der Waals surface area contributed by atoms with Crippen molar-refractivity contribution >= 4 is 22.9 Å². The van der Waals surface area contributed by atoms with E-state index in [-0.39, 0.29) is 0 Å². The number of rotatable bonds is 8. The quantitative estimate of drug-likeness (QED) is 0.543. The zero-order valence-electron chi connectivity index (χ0n) is 19.5. The number of primary amides is 1. The Kier molecular flexibility index (Phi) is 7.41. The van der Waals surface area contributed by atoms with E-state index in [2.05, 4.69) is 43.6 Å². The number of fused-ring (bicyclic) bond motifs is 1. The molecule has 0 bridgehead atoms. The first kappa shape index (κ1) is 23.0. The van der Waals surface area contributed by atoms with Crippen molar-refractivity contribution in [3.63, 3.8) is 0 Å². The number of anilines is 1. The summed E-state index contributed by atoms with van der Waals surface area (Å²) >= 11 is 0. The SMILES string of the molecule is CCN1CCCN(CCCN(C)c2ccc(-c3nc4c(OC(N)=O)cccc4[nH]3)cn2)CC1. The first-order chi connectivity index (χ1) is 16.0. The minimum absolute atomic E-state index is 0.332. The zero-order chi connectivity index (χ0) is 23.2. The van der Waals surface area contributed by atoms with Crippen LogP contribution >= 0.6 is 0 Å². The lowest BCUT2D eigenvalue weighted by Crippen LogP contribution is -2.32. The molecule has 3 aromatic rings. The average Bonchev–Trinajstić information content (AvgIpc) is 3.13. The standard InChI is InChI=1S/C24H33N7O2/c1-3-30-12-6-14-31(16-15-30)13-5-11-29(2)21-10-9-18(17-26-21)23-27-19-7-4-8-20(22(19)28-23)33-24(25)32/h4,7-10,17H,3,5-6,11-16H2,1-2H3,(H2,25,32)(H,27,28). The highest BCUT2D eigenvalue weighted by Crippen LogP contribution is 2.27. The first-order valence-electron chi connectivity index (χ1n) is 11.6. The molecule has 0 spiro atoms. The second-order valence-electron chi connectivity index (χ2n) is 8.47. The molecule has 9 nitrogen and oxygen atoms in total. The Bertz CT molecular complexity index is 1070. The number of hydrogen-bond acceptors (Lipinski definition) is 7. The highest BCUT2D eigenvalue weighted by atomic mass is 16.5. The topological polar surface area (TPSA) is 104 Å². The lowest BCUT2D eigenvalue weighted by atomic mass is 10.2. The number of nitrogens with one attached hydrogen (secondary N) is 1. The summed E-state index contributed by atoms with van der Waals surface area (Å²) in [6.07, 6.45) is 3.31. The molecule has 3 N–H and O–H groups in total. The van der Waals surface area contributed by atoms with E-state index >= 15 is 0 Å². The van der Waals surface area contributed by atoms with E-state index < -0.39 is 6.09 Å². The maximum Gasteiger partial charge on any atom is 0.410 e. The Labute approximate surface area is 194 Å². The zero-order valence-corrected chi connectivity index (χ0v) is 19.5. The summed E-state index contributed by atoms with van der Waals surface area (Å²) in [5, 5.41) is 0. The van der Waals surface area contributed by atoms with Gasteiger partial charge in [0, 0.05) is 38.4 Å². The fourth-order valence-corrected chi connectivity index (χ4v) is 4.30. The first-order valence-corrected chi connectivity index (χ1v) is 11.6. The lowest BCUT2D eigenvalue weighted by Gasteiger charge is -2.23. The molecule has 1 aromatic carbocycles. The Morgan fingerprint density at radius 3 is 2.76 bits per heavy atom. The molecule has 1 aliphatic rings. The molecule has 1 saturated heterocycles. The van der Waals surface area contributed by atoms with Crippen molar-refractivity contribution < 1.29 is 9.53 Å². The van der Waals surface area contributed by atoms with Gasteiger partial charge in [-0.25, -0.2) is 14.8 Å². The van der Waals surface area contributed by atoms with Gasteiger partial charge in [0.2, 0.25) is 0 Å². The van der Waals surface area contributed by atoms with Gasteiger partial charge in [-0.3, -0.25) is 0 Å². The van der Waals surface area contributed by atoms with E-state index in [1.54, 1.807) is 12.1 Å². The summed E-state index contributed by atoms with van der Waals surface area (Å²) in [5.41, 5.74) is 7.34. The van der Waals surface area contributed by atoms with Crippen molar-refractivity contribution in [1.29, 1.82) is 0 Å². The predicted molar refractivity (Wildman–Crippen MR) is 131 cm³/mol. The van der Waals surface area contributed by atoms with Crippen LogP contribution in [0.4, 0.5) is 10.6 Å². The normalized spacial score (nSPS) is 15.5. The number of ether oxygens (including phenoxy) is 1. The van der Waals surface area contributed by atoms with Crippen LogP contribution in [0, 0.1) is 0 Å². The number of carbonyl (C=O) groups excluding carboxylic acids is 1. The number of imidazole rings is 1. The number of nitrogens with zero attached hydrogens (tertiary/aromatic N) is 5. The third-order valence-electron chi connectivity index (χ3n) is 6.19. The second-order valence-corrected chi connectivity index (χ2v) is 8.47. The van der Waals surface area contributed by atoms with Crippen molar-refractivity contribution in [2.75, 3.05) is 57.8 Å². The summed E-state index contributed by atoms with van der Waals surface area (Å²) in [6.45, 7) is 10.2. The largest absolute Gasteiger partial charge is 0.410 e. The number of likely N-dealkylation sites (N-methyl/N-ethyl adjacent to an activating group) is 1. The number of nitrogens with two attached hydrogens (primary N) is 1. The van der Waals surface area contributed by atoms with E-state index in [9.17, 15) is 4.79 Å². The van der Waals surface area contributed by atoms with Gasteiger partial charge in [-0.05, 0) is 63.3 Å². The maximum atomic E-state index is 11.1. The van der Waals surface area contributed by atoms with Crippen LogP contribution in [0.25, 0.3) is 22.4 Å². The van der Waals surface area contributed by atoms with Crippen LogP contribution in [-0.4, -0.2) is 83.7 Å². The van der Waals surface area contributed by atoms with Crippen molar-refractivity contribution in [2.45, 2.75) is 19.8 Å². The summed E-state index contributed by atoms with van der Waals surface area (Å²) < 4.78 is 5.05. The number of hydrogen-bond donors (Lipinski definition) is 2. The van der Waals surface area contributed by atoms with E-state index in [0.29, 0.717) is 17.1 Å². The molecule has 0 aliphatic carbocycles. The number of benzene rings is 1. The van der Waals surface area contributed by atoms with E-state index in [0.717, 1.165) is 49.5 Å². The highest BCUT2D eigenvalue weighted by Gasteiger charge is 2.14. The van der Waals surface area contributed by atoms with Gasteiger partial charge in [0.15, 0.2) is 5.75 Å². The lowest BCUT2D eigenvalue weighted by molar-refractivity contribution is 0.211. The third kappa shape index (κ3) is 5.80. The van der Waals surface area contributed by atoms with Crippen LogP contribution in [0.1, 0.15) is 19.8 Å². The fraction of sp³-hybridized carbons (Fsp3) is 0.458. The molecule has 0 atom stereocenters. The predicted octanol–water partition coefficient (Wildman–Crippen LogP) is 2.94. The molecule has 0 radical (unpaired) electrons. The summed E-state index contributed by atoms with van der Waals surface area (Å²) in [6, 6.07) is 9.33. The van der Waals surface area contributed by atoms with Gasteiger partial charge in [-0.2, -0.15) is 0 Å². The van der Waals surface area contributed by atoms with Gasteiger partial charge in [0.05, 0.1) is 5.52 Å². The fourth-order valence-electron chi connectivity index (χ4n) is 4.30. The van der Waals surface area contributed by atoms with E-state index in [1.165, 1.54) is 26.1 Å². The second kappa shape index (κ2) is 10.6. The van der Waals surface area contributed by atoms with E-state index in [1.807, 2.05) is 24.4 Å². The number of pyridine rings is 1. The minimum Gasteiger partial charge on any atom is -0.408 e. The Morgan fingerprint density at radius 1 is 1.18 bits per heavy atom. The summed E-state index contributed by atoms with van der Waals surface area (Å²) in [5.74, 6) is 1.92. The van der Waals surface area contributed by atoms with Crippen LogP contribution in [0.5, 0.6) is 5.75 Å². The number of para-hydroxylation sites is 1. The highest BCUT2D eigenvalue weighted by molar-refractivity contribution is 5.87. The number of aromatic nitrogens is 3. The molecular formula is C24H33N7O2. The Balaban J connectivity index is 1.34. The summed E-state index contributed by atoms with van der Waals surface area (Å²) in [4.78, 5) is 30.9. The molecule has 3 heterocycles. The van der Waals surface area contributed by atoms with Crippen molar-refractivity contribution in [2.24, 2.45) is 5.73 Å². The molecule has 4 rings (SSSR count). The minimum atomic E-state index is -0.861. The van der Waals surface area contributed by atoms with Crippen LogP contribution in [0.3, 0.4) is 0 Å². The van der Waals surface area contributed by atoms with Crippen LogP contribution in [0.15, 0.2) is 36.5 Å². The summed E-state index contributed by atoms with van der Waals surface area (Å²) in [7, 11) is 2.08. The van der Waals surface area contributed by atoms with Crippen molar-refractivity contribution in [3.05, 3.63) is 36.5 Å². The monoisotopic (exact) mass is 451 g/mol. The molecule has 1 aliphatic heterocycles. The number of aromatic amines is 1. The molecule has 9 heteroatoms. The smallest absolute Gasteiger partial charge is 0.408 e. The van der Waals surface area contributed by atoms with Crippen molar-refractivity contribution in [3.8, 4) is 17.1 Å². The van der Waals surface area contributed by atoms with Gasteiger partial charge in [-0.15, -0.1) is 0 Å². The molecule has 2 aromatic heterocycles. The molecule has 0 unspecified atom stereocenters. The average molecular weight is 452 g/mol. The van der Waals surface area contributed by atoms with Crippen molar-refractivity contribution in [1.82, 2.24) is 24.8 Å². The molecular weight excluding hydrogens is 418 g/mol. The Hall–Kier alpha value is -3.17. The van der Waals surface area contributed by atoms with Gasteiger partial charge >= 0.3 is 6.09 Å². The van der Waals surface area contributed by atoms with Gasteiger partial charge in [-0.1, -0.05) is 13.0 Å². The number of carbonyl (C=O) groups is 1. The van der Waals surface area contributed by atoms with Crippen LogP contribution in [0.2, 0.25) is 0 Å². The number of amides is 1. The van der Waals surface area contributed by atoms with Gasteiger partial charge in [0.1, 0.15) is 17.2 Å². The molecule has 1 fully saturated rings. The third-order valence-corrected chi connectivity index (χ3v) is 6.19. The van der Waals surface area contributed by atoms with Gasteiger partial charge in [0.25, 0.3) is 0 Å². The van der Waals surface area contributed by atoms with E-state index in [4.69, 9.17) is 10.5 Å². The molecule has 33 heavy (non-hydrogen) atoms. The molecule has 0 saturated carbocycles. The van der Waals surface area contributed by atoms with Crippen LogP contribution < -0.4 is 15.4 Å².